The molecule has 4 heterocycles. The van der Waals surface area contributed by atoms with Gasteiger partial charge in [0.05, 0.1) is 28.5 Å². The quantitative estimate of drug-likeness (QED) is 0.515. The third kappa shape index (κ3) is 4.63. The zero-order valence-corrected chi connectivity index (χ0v) is 21.3. The van der Waals surface area contributed by atoms with Crippen molar-refractivity contribution in [3.05, 3.63) is 58.6 Å². The maximum absolute atomic E-state index is 14.0. The van der Waals surface area contributed by atoms with Crippen LogP contribution in [0.1, 0.15) is 87.0 Å². The van der Waals surface area contributed by atoms with E-state index in [1.165, 1.54) is 70.2 Å². The molecule has 3 N–H and O–H groups in total. The molecule has 0 radical (unpaired) electrons. The Morgan fingerprint density at radius 1 is 0.892 bits per heavy atom. The van der Waals surface area contributed by atoms with E-state index in [4.69, 9.17) is 5.73 Å². The molecule has 1 aromatic carbocycles. The summed E-state index contributed by atoms with van der Waals surface area (Å²) in [6, 6.07) is 11.3. The zero-order chi connectivity index (χ0) is 25.4. The van der Waals surface area contributed by atoms with E-state index in [2.05, 4.69) is 20.2 Å². The van der Waals surface area contributed by atoms with Crippen LogP contribution in [-0.2, 0) is 0 Å². The highest BCUT2D eigenvalue weighted by Crippen LogP contribution is 2.44. The minimum absolute atomic E-state index is 0.118. The summed E-state index contributed by atoms with van der Waals surface area (Å²) in [6.07, 6.45) is 16.9. The highest BCUT2D eigenvalue weighted by atomic mass is 16.1. The molecule has 8 heteroatoms. The van der Waals surface area contributed by atoms with Crippen LogP contribution >= 0.6 is 0 Å². The predicted molar refractivity (Wildman–Crippen MR) is 145 cm³/mol. The Morgan fingerprint density at radius 2 is 1.59 bits per heavy atom. The van der Waals surface area contributed by atoms with Gasteiger partial charge in [-0.25, -0.2) is 4.98 Å². The van der Waals surface area contributed by atoms with Gasteiger partial charge >= 0.3 is 0 Å². The number of hydrogen-bond acceptors (Lipinski definition) is 6. The summed E-state index contributed by atoms with van der Waals surface area (Å²) >= 11 is 0. The molecule has 8 nitrogen and oxygen atoms in total. The standard InChI is InChI=1S/C29H36N6O2/c30-27(36)23-14-15-31-18-25(23)33-28-29(37)35(26-11-7-6-10-24(26)32-28)22-16-20-12-13-21(17-22)34(20)19-8-4-2-1-3-5-9-19/h6-7,10-11,14-15,18-22H,1-5,8-9,12-13,16-17H2,(H2,30,36)(H,32,33)/t20-,21+,22+. The molecular formula is C29H36N6O2. The Balaban J connectivity index is 1.34. The molecule has 2 aliphatic heterocycles. The maximum atomic E-state index is 14.0. The van der Waals surface area contributed by atoms with E-state index in [1.807, 2.05) is 28.8 Å². The Labute approximate surface area is 217 Å². The van der Waals surface area contributed by atoms with Crippen LogP contribution in [0.3, 0.4) is 0 Å². The van der Waals surface area contributed by atoms with Crippen molar-refractivity contribution in [3.8, 4) is 0 Å². The average molecular weight is 501 g/mol. The number of benzene rings is 1. The number of hydrogen-bond donors (Lipinski definition) is 2. The van der Waals surface area contributed by atoms with Crippen molar-refractivity contribution in [1.82, 2.24) is 19.4 Å². The van der Waals surface area contributed by atoms with E-state index in [9.17, 15) is 9.59 Å². The normalized spacial score (nSPS) is 25.0. The highest BCUT2D eigenvalue weighted by Gasteiger charge is 2.44. The summed E-state index contributed by atoms with van der Waals surface area (Å²) in [5.74, 6) is -0.381. The van der Waals surface area contributed by atoms with Crippen LogP contribution in [0, 0.1) is 0 Å². The van der Waals surface area contributed by atoms with E-state index in [0.29, 0.717) is 23.8 Å². The molecule has 1 saturated carbocycles. The van der Waals surface area contributed by atoms with E-state index >= 15 is 0 Å². The number of nitrogens with two attached hydrogens (primary N) is 1. The fourth-order valence-electron chi connectivity index (χ4n) is 7.16. The molecule has 2 bridgehead atoms. The van der Waals surface area contributed by atoms with Gasteiger partial charge in [-0.05, 0) is 56.7 Å². The smallest absolute Gasteiger partial charge is 0.294 e. The summed E-state index contributed by atoms with van der Waals surface area (Å²) in [4.78, 5) is 37.5. The number of fused-ring (bicyclic) bond motifs is 3. The number of carbonyl (C=O) groups is 1. The lowest BCUT2D eigenvalue weighted by molar-refractivity contribution is 0.0498. The summed E-state index contributed by atoms with van der Waals surface area (Å²) in [5, 5.41) is 3.09. The molecular weight excluding hydrogens is 464 g/mol. The Kier molecular flexibility index (Phi) is 6.67. The molecule has 194 valence electrons. The number of nitrogens with one attached hydrogen (secondary N) is 1. The average Bonchev–Trinajstić information content (AvgIpc) is 3.13. The van der Waals surface area contributed by atoms with Gasteiger partial charge in [0.1, 0.15) is 0 Å². The summed E-state index contributed by atoms with van der Waals surface area (Å²) in [6.45, 7) is 0. The van der Waals surface area contributed by atoms with Gasteiger partial charge in [-0.3, -0.25) is 19.5 Å². The van der Waals surface area contributed by atoms with Crippen molar-refractivity contribution in [3.63, 3.8) is 0 Å². The molecule has 2 aromatic heterocycles. The Hall–Kier alpha value is -3.26. The number of rotatable bonds is 5. The third-order valence-corrected chi connectivity index (χ3v) is 8.76. The first-order chi connectivity index (χ1) is 18.1. The monoisotopic (exact) mass is 500 g/mol. The second-order valence-corrected chi connectivity index (χ2v) is 11.0. The number of para-hydroxylation sites is 2. The van der Waals surface area contributed by atoms with E-state index in [0.717, 1.165) is 23.9 Å². The van der Waals surface area contributed by atoms with Gasteiger partial charge in [-0.1, -0.05) is 44.2 Å². The number of amides is 1. The van der Waals surface area contributed by atoms with Gasteiger partial charge in [0.2, 0.25) is 0 Å². The van der Waals surface area contributed by atoms with Crippen LogP contribution in [0.25, 0.3) is 11.0 Å². The molecule has 2 saturated heterocycles. The largest absolute Gasteiger partial charge is 0.366 e. The number of piperidine rings is 1. The van der Waals surface area contributed by atoms with Crippen molar-refractivity contribution in [2.45, 2.75) is 94.8 Å². The van der Waals surface area contributed by atoms with Crippen molar-refractivity contribution in [2.75, 3.05) is 5.32 Å². The highest BCUT2D eigenvalue weighted by molar-refractivity contribution is 5.98. The molecule has 3 atom stereocenters. The van der Waals surface area contributed by atoms with Gasteiger partial charge in [0, 0.05) is 30.4 Å². The van der Waals surface area contributed by atoms with Crippen LogP contribution in [0.5, 0.6) is 0 Å². The van der Waals surface area contributed by atoms with Crippen LogP contribution in [0.15, 0.2) is 47.5 Å². The molecule has 3 aliphatic rings. The number of pyridine rings is 1. The van der Waals surface area contributed by atoms with E-state index in [-0.39, 0.29) is 23.0 Å². The summed E-state index contributed by atoms with van der Waals surface area (Å²) in [5.41, 5.74) is 7.68. The van der Waals surface area contributed by atoms with Gasteiger partial charge in [0.15, 0.2) is 5.82 Å². The van der Waals surface area contributed by atoms with Crippen molar-refractivity contribution < 1.29 is 4.79 Å². The Morgan fingerprint density at radius 3 is 2.32 bits per heavy atom. The number of nitrogens with zero attached hydrogens (tertiary/aromatic N) is 4. The Bertz CT molecular complexity index is 1330. The van der Waals surface area contributed by atoms with Crippen LogP contribution < -0.4 is 16.6 Å². The first kappa shape index (κ1) is 24.1. The van der Waals surface area contributed by atoms with Gasteiger partial charge < -0.3 is 15.6 Å². The van der Waals surface area contributed by atoms with Gasteiger partial charge in [-0.15, -0.1) is 0 Å². The second kappa shape index (κ2) is 10.2. The number of aromatic nitrogens is 3. The van der Waals surface area contributed by atoms with E-state index in [1.54, 1.807) is 6.07 Å². The van der Waals surface area contributed by atoms with E-state index < -0.39 is 5.91 Å². The lowest BCUT2D eigenvalue weighted by Crippen LogP contribution is -2.50. The molecule has 0 spiro atoms. The maximum Gasteiger partial charge on any atom is 0.294 e. The molecule has 37 heavy (non-hydrogen) atoms. The minimum Gasteiger partial charge on any atom is -0.366 e. The number of anilines is 2. The van der Waals surface area contributed by atoms with Crippen LogP contribution in [-0.4, -0.2) is 43.5 Å². The van der Waals surface area contributed by atoms with Crippen molar-refractivity contribution >= 4 is 28.4 Å². The van der Waals surface area contributed by atoms with Crippen LogP contribution in [0.4, 0.5) is 11.5 Å². The van der Waals surface area contributed by atoms with Crippen molar-refractivity contribution in [1.29, 1.82) is 0 Å². The summed E-state index contributed by atoms with van der Waals surface area (Å²) in [7, 11) is 0. The number of primary amides is 1. The lowest BCUT2D eigenvalue weighted by atomic mass is 9.89. The molecule has 1 aliphatic carbocycles. The lowest BCUT2D eigenvalue weighted by Gasteiger charge is -2.45. The zero-order valence-electron chi connectivity index (χ0n) is 21.3. The second-order valence-electron chi connectivity index (χ2n) is 11.0. The fourth-order valence-corrected chi connectivity index (χ4v) is 7.16. The first-order valence-corrected chi connectivity index (χ1v) is 13.9. The topological polar surface area (TPSA) is 106 Å². The van der Waals surface area contributed by atoms with Gasteiger partial charge in [-0.2, -0.15) is 0 Å². The number of carbonyl (C=O) groups excluding carboxylic acids is 1. The van der Waals surface area contributed by atoms with Gasteiger partial charge in [0.25, 0.3) is 11.5 Å². The summed E-state index contributed by atoms with van der Waals surface area (Å²) < 4.78 is 1.96. The third-order valence-electron chi connectivity index (χ3n) is 8.76. The predicted octanol–water partition coefficient (Wildman–Crippen LogP) is 4.91. The molecule has 0 unspecified atom stereocenters. The minimum atomic E-state index is -0.579. The molecule has 6 rings (SSSR count). The first-order valence-electron chi connectivity index (χ1n) is 13.9. The fraction of sp³-hybridized carbons (Fsp3) is 0.517. The molecule has 1 amide bonds. The molecule has 3 fully saturated rings. The SMILES string of the molecule is NC(=O)c1ccncc1Nc1nc2ccccc2n([C@H]2C[C@H]3CC[C@@H](C2)N3C2CCCCCCC2)c1=O. The van der Waals surface area contributed by atoms with Crippen LogP contribution in [0.2, 0.25) is 0 Å². The van der Waals surface area contributed by atoms with Crippen molar-refractivity contribution in [2.24, 2.45) is 5.73 Å². The molecule has 3 aromatic rings.